The van der Waals surface area contributed by atoms with E-state index < -0.39 is 0 Å². The molecule has 0 saturated heterocycles. The fourth-order valence-electron chi connectivity index (χ4n) is 10.3. The Balaban J connectivity index is 1.22. The van der Waals surface area contributed by atoms with Gasteiger partial charge >= 0.3 is 0 Å². The number of hydrogen-bond acceptors (Lipinski definition) is 2. The summed E-state index contributed by atoms with van der Waals surface area (Å²) in [5, 5.41) is 15.7. The summed E-state index contributed by atoms with van der Waals surface area (Å²) in [7, 11) is 0. The molecule has 0 spiro atoms. The first-order valence-electron chi connectivity index (χ1n) is 19.5. The highest BCUT2D eigenvalue weighted by molar-refractivity contribution is 6.36. The van der Waals surface area contributed by atoms with Gasteiger partial charge in [-0.15, -0.1) is 0 Å². The number of aromatic nitrogens is 5. The molecule has 0 saturated carbocycles. The Morgan fingerprint density at radius 1 is 0.316 bits per heavy atom. The van der Waals surface area contributed by atoms with E-state index in [1.807, 2.05) is 0 Å². The molecule has 262 valence electrons. The molecule has 14 aromatic rings. The Morgan fingerprint density at radius 3 is 1.56 bits per heavy atom. The van der Waals surface area contributed by atoms with E-state index in [-0.39, 0.29) is 0 Å². The number of benzene rings is 9. The molecular formula is C52H29N5. The Bertz CT molecular complexity index is 4050. The van der Waals surface area contributed by atoms with Crippen LogP contribution in [0.5, 0.6) is 0 Å². The maximum atomic E-state index is 5.73. The van der Waals surface area contributed by atoms with E-state index in [2.05, 4.69) is 189 Å². The van der Waals surface area contributed by atoms with E-state index in [1.165, 1.54) is 81.2 Å². The first-order valence-corrected chi connectivity index (χ1v) is 19.5. The number of rotatable bonds is 2. The van der Waals surface area contributed by atoms with Crippen molar-refractivity contribution < 1.29 is 0 Å². The molecule has 14 rings (SSSR count). The zero-order valence-electron chi connectivity index (χ0n) is 30.5. The van der Waals surface area contributed by atoms with E-state index >= 15 is 0 Å². The van der Waals surface area contributed by atoms with E-state index in [9.17, 15) is 0 Å². The van der Waals surface area contributed by atoms with Crippen molar-refractivity contribution in [2.45, 2.75) is 0 Å². The topological polar surface area (TPSA) is 40.0 Å². The summed E-state index contributed by atoms with van der Waals surface area (Å²) < 4.78 is 7.19. The summed E-state index contributed by atoms with van der Waals surface area (Å²) in [6, 6.07) is 63.8. The van der Waals surface area contributed by atoms with Gasteiger partial charge < -0.3 is 4.40 Å². The van der Waals surface area contributed by atoms with Crippen LogP contribution in [-0.2, 0) is 0 Å². The lowest BCUT2D eigenvalue weighted by Gasteiger charge is -2.15. The van der Waals surface area contributed by atoms with E-state index in [0.29, 0.717) is 5.95 Å². The van der Waals surface area contributed by atoms with Crippen LogP contribution in [0, 0.1) is 0 Å². The zero-order valence-corrected chi connectivity index (χ0v) is 30.5. The molecule has 0 aliphatic carbocycles. The van der Waals surface area contributed by atoms with E-state index in [4.69, 9.17) is 9.97 Å². The minimum absolute atomic E-state index is 0.646. The van der Waals surface area contributed by atoms with Gasteiger partial charge in [0.15, 0.2) is 5.82 Å². The molecule has 0 aliphatic rings. The molecule has 9 aromatic carbocycles. The van der Waals surface area contributed by atoms with Crippen LogP contribution in [-0.4, -0.2) is 23.5 Å². The second kappa shape index (κ2) is 10.5. The minimum Gasteiger partial charge on any atom is -0.308 e. The third-order valence-electron chi connectivity index (χ3n) is 12.5. The van der Waals surface area contributed by atoms with Gasteiger partial charge in [0.25, 0.3) is 0 Å². The van der Waals surface area contributed by atoms with Gasteiger partial charge in [0.05, 0.1) is 44.1 Å². The van der Waals surface area contributed by atoms with Crippen molar-refractivity contribution in [1.29, 1.82) is 0 Å². The van der Waals surface area contributed by atoms with Crippen LogP contribution in [0.3, 0.4) is 0 Å². The molecule has 0 bridgehead atoms. The zero-order chi connectivity index (χ0) is 36.9. The fraction of sp³-hybridized carbons (Fsp3) is 0. The molecular weight excluding hydrogens is 695 g/mol. The van der Waals surface area contributed by atoms with Gasteiger partial charge in [-0.05, 0) is 70.1 Å². The predicted octanol–water partition coefficient (Wildman–Crippen LogP) is 13.3. The molecule has 0 aliphatic heterocycles. The average molecular weight is 724 g/mol. The molecule has 0 N–H and O–H groups in total. The Morgan fingerprint density at radius 2 is 0.842 bits per heavy atom. The molecule has 5 nitrogen and oxygen atoms in total. The van der Waals surface area contributed by atoms with Crippen LogP contribution >= 0.6 is 0 Å². The second-order valence-corrected chi connectivity index (χ2v) is 15.3. The van der Waals surface area contributed by atoms with Crippen LogP contribution in [0.25, 0.3) is 126 Å². The molecule has 0 amide bonds. The molecule has 0 radical (unpaired) electrons. The summed E-state index contributed by atoms with van der Waals surface area (Å²) in [6.45, 7) is 0. The molecule has 0 fully saturated rings. The van der Waals surface area contributed by atoms with E-state index in [0.717, 1.165) is 38.8 Å². The monoisotopic (exact) mass is 723 g/mol. The van der Waals surface area contributed by atoms with Gasteiger partial charge in [-0.1, -0.05) is 127 Å². The maximum Gasteiger partial charge on any atom is 0.237 e. The maximum absolute atomic E-state index is 5.73. The molecule has 5 aromatic heterocycles. The molecule has 0 atom stereocenters. The lowest BCUT2D eigenvalue weighted by atomic mass is 10.0. The molecule has 5 heterocycles. The van der Waals surface area contributed by atoms with Gasteiger partial charge in [0.1, 0.15) is 0 Å². The van der Waals surface area contributed by atoms with Gasteiger partial charge in [0.2, 0.25) is 5.95 Å². The van der Waals surface area contributed by atoms with Crippen molar-refractivity contribution in [3.05, 3.63) is 176 Å². The fourth-order valence-corrected chi connectivity index (χ4v) is 10.3. The molecule has 0 unspecified atom stereocenters. The van der Waals surface area contributed by atoms with Crippen LogP contribution < -0.4 is 0 Å². The van der Waals surface area contributed by atoms with Gasteiger partial charge in [0, 0.05) is 48.5 Å². The van der Waals surface area contributed by atoms with Crippen LogP contribution in [0.15, 0.2) is 176 Å². The lowest BCUT2D eigenvalue weighted by Crippen LogP contribution is -2.07. The summed E-state index contributed by atoms with van der Waals surface area (Å²) in [5.41, 5.74) is 9.01. The van der Waals surface area contributed by atoms with E-state index in [1.54, 1.807) is 0 Å². The van der Waals surface area contributed by atoms with Crippen LogP contribution in [0.2, 0.25) is 0 Å². The standard InChI is InChI=1S/C52H29N5/c1-3-15-32-30(13-1)25-27-44-46(32)36-19-7-12-24-43(36)56(44)52-53-40-21-9-5-18-35(40)51(54-52)57-45-28-26-31-14-2-4-16-33(31)47(45)39-29-38-34-17-6-10-22-41(34)55-42-23-11-8-20-37(42)48(49(38)55)50(39)57/h1-29H. The van der Waals surface area contributed by atoms with Crippen molar-refractivity contribution in [3.63, 3.8) is 0 Å². The van der Waals surface area contributed by atoms with Crippen LogP contribution in [0.4, 0.5) is 0 Å². The summed E-state index contributed by atoms with van der Waals surface area (Å²) in [6.07, 6.45) is 0. The van der Waals surface area contributed by atoms with Crippen molar-refractivity contribution in [3.8, 4) is 11.8 Å². The van der Waals surface area contributed by atoms with Crippen molar-refractivity contribution in [2.24, 2.45) is 0 Å². The largest absolute Gasteiger partial charge is 0.308 e. The normalized spacial score (nSPS) is 12.6. The summed E-state index contributed by atoms with van der Waals surface area (Å²) in [5.74, 6) is 1.51. The first-order chi connectivity index (χ1) is 28.3. The lowest BCUT2D eigenvalue weighted by molar-refractivity contribution is 0.974. The molecule has 57 heavy (non-hydrogen) atoms. The van der Waals surface area contributed by atoms with Gasteiger partial charge in [-0.2, -0.15) is 4.98 Å². The minimum atomic E-state index is 0.646. The number of hydrogen-bond donors (Lipinski definition) is 0. The Kier molecular flexibility index (Phi) is 5.45. The van der Waals surface area contributed by atoms with Crippen molar-refractivity contribution in [1.82, 2.24) is 23.5 Å². The quantitative estimate of drug-likeness (QED) is 0.178. The summed E-state index contributed by atoms with van der Waals surface area (Å²) >= 11 is 0. The van der Waals surface area contributed by atoms with Crippen LogP contribution in [0.1, 0.15) is 0 Å². The Hall–Kier alpha value is -7.76. The number of fused-ring (bicyclic) bond motifs is 18. The van der Waals surface area contributed by atoms with Crippen molar-refractivity contribution >= 4 is 114 Å². The summed E-state index contributed by atoms with van der Waals surface area (Å²) in [4.78, 5) is 11.1. The highest BCUT2D eigenvalue weighted by Crippen LogP contribution is 2.48. The predicted molar refractivity (Wildman–Crippen MR) is 238 cm³/mol. The second-order valence-electron chi connectivity index (χ2n) is 15.3. The SMILES string of the molecule is c1ccc2c(c1)ccc1c2c2ccccc2n1-c1nc(-n2c3ccc4ccccc4c3c3cc4c5ccccc5n5c6ccccc6c(c32)c45)c2ccccc2n1. The smallest absolute Gasteiger partial charge is 0.237 e. The highest BCUT2D eigenvalue weighted by atomic mass is 15.2. The number of para-hydroxylation sites is 4. The van der Waals surface area contributed by atoms with Crippen molar-refractivity contribution in [2.75, 3.05) is 0 Å². The highest BCUT2D eigenvalue weighted by Gasteiger charge is 2.27. The Labute approximate surface area is 324 Å². The number of nitrogens with zero attached hydrogens (tertiary/aromatic N) is 5. The third-order valence-corrected chi connectivity index (χ3v) is 12.5. The average Bonchev–Trinajstić information content (AvgIpc) is 4.00. The van der Waals surface area contributed by atoms with Gasteiger partial charge in [-0.25, -0.2) is 4.98 Å². The third kappa shape index (κ3) is 3.64. The van der Waals surface area contributed by atoms with Gasteiger partial charge in [-0.3, -0.25) is 9.13 Å². The first kappa shape index (κ1) is 29.6. The molecule has 5 heteroatoms.